The smallest absolute Gasteiger partial charge is 0.247 e. The Balaban J connectivity index is 1.49. The minimum Gasteiger partial charge on any atom is -0.421 e. The zero-order valence-corrected chi connectivity index (χ0v) is 14.8. The van der Waals surface area contributed by atoms with Crippen molar-refractivity contribution in [3.05, 3.63) is 36.2 Å². The fourth-order valence-electron chi connectivity index (χ4n) is 3.31. The molecule has 0 unspecified atom stereocenters. The number of piperidine rings is 1. The molecule has 134 valence electrons. The van der Waals surface area contributed by atoms with Crippen molar-refractivity contribution in [2.45, 2.75) is 45.1 Å². The van der Waals surface area contributed by atoms with E-state index in [1.165, 1.54) is 6.42 Å². The topological polar surface area (TPSA) is 71.3 Å². The van der Waals surface area contributed by atoms with Gasteiger partial charge in [0.25, 0.3) is 0 Å². The number of amides is 1. The summed E-state index contributed by atoms with van der Waals surface area (Å²) in [5.41, 5.74) is 0.905. The van der Waals surface area contributed by atoms with Crippen molar-refractivity contribution in [2.24, 2.45) is 0 Å². The monoisotopic (exact) mass is 342 g/mol. The van der Waals surface area contributed by atoms with Crippen LogP contribution in [0.2, 0.25) is 0 Å². The molecule has 0 saturated carbocycles. The molecule has 1 aromatic carbocycles. The first-order valence-electron chi connectivity index (χ1n) is 9.17. The maximum atomic E-state index is 12.5. The van der Waals surface area contributed by atoms with Crippen LogP contribution < -0.4 is 5.32 Å². The largest absolute Gasteiger partial charge is 0.421 e. The summed E-state index contributed by atoms with van der Waals surface area (Å²) in [6.07, 6.45) is 4.89. The molecule has 1 saturated heterocycles. The predicted octanol–water partition coefficient (Wildman–Crippen LogP) is 2.66. The summed E-state index contributed by atoms with van der Waals surface area (Å²) in [6.45, 7) is 4.69. The van der Waals surface area contributed by atoms with Gasteiger partial charge >= 0.3 is 0 Å². The zero-order valence-electron chi connectivity index (χ0n) is 14.8. The molecular formula is C19H26N4O2. The van der Waals surface area contributed by atoms with E-state index in [0.29, 0.717) is 24.7 Å². The van der Waals surface area contributed by atoms with E-state index in [2.05, 4.69) is 27.3 Å². The maximum Gasteiger partial charge on any atom is 0.247 e. The van der Waals surface area contributed by atoms with Crippen molar-refractivity contribution in [1.29, 1.82) is 0 Å². The van der Waals surface area contributed by atoms with Gasteiger partial charge in [-0.05, 0) is 44.5 Å². The van der Waals surface area contributed by atoms with Gasteiger partial charge in [0.1, 0.15) is 0 Å². The molecule has 0 aliphatic carbocycles. The molecule has 1 atom stereocenters. The highest BCUT2D eigenvalue weighted by Crippen LogP contribution is 2.18. The van der Waals surface area contributed by atoms with Crippen LogP contribution in [0.4, 0.5) is 0 Å². The van der Waals surface area contributed by atoms with E-state index >= 15 is 0 Å². The van der Waals surface area contributed by atoms with Crippen molar-refractivity contribution in [3.63, 3.8) is 0 Å². The first-order valence-corrected chi connectivity index (χ1v) is 9.17. The number of hydrogen-bond acceptors (Lipinski definition) is 5. The van der Waals surface area contributed by atoms with Gasteiger partial charge in [-0.3, -0.25) is 9.69 Å². The number of aromatic nitrogens is 2. The molecule has 1 N–H and O–H groups in total. The van der Waals surface area contributed by atoms with Crippen molar-refractivity contribution >= 4 is 5.91 Å². The highest BCUT2D eigenvalue weighted by molar-refractivity contribution is 5.81. The Kier molecular flexibility index (Phi) is 6.17. The van der Waals surface area contributed by atoms with Gasteiger partial charge < -0.3 is 9.73 Å². The summed E-state index contributed by atoms with van der Waals surface area (Å²) in [4.78, 5) is 14.8. The Morgan fingerprint density at radius 3 is 2.92 bits per heavy atom. The first kappa shape index (κ1) is 17.6. The predicted molar refractivity (Wildman–Crippen MR) is 96.0 cm³/mol. The van der Waals surface area contributed by atoms with Crippen LogP contribution in [0, 0.1) is 0 Å². The fourth-order valence-corrected chi connectivity index (χ4v) is 3.31. The number of hydrogen-bond donors (Lipinski definition) is 1. The second-order valence-corrected chi connectivity index (χ2v) is 6.46. The zero-order chi connectivity index (χ0) is 17.5. The van der Waals surface area contributed by atoms with Crippen LogP contribution in [-0.4, -0.2) is 46.7 Å². The summed E-state index contributed by atoms with van der Waals surface area (Å²) >= 11 is 0. The maximum absolute atomic E-state index is 12.5. The van der Waals surface area contributed by atoms with E-state index < -0.39 is 0 Å². The first-order chi connectivity index (χ1) is 12.3. The Hall–Kier alpha value is -2.21. The Morgan fingerprint density at radius 1 is 1.28 bits per heavy atom. The van der Waals surface area contributed by atoms with Gasteiger partial charge in [-0.25, -0.2) is 0 Å². The summed E-state index contributed by atoms with van der Waals surface area (Å²) in [5, 5.41) is 11.2. The molecular weight excluding hydrogens is 316 g/mol. The van der Waals surface area contributed by atoms with Gasteiger partial charge in [0.15, 0.2) is 0 Å². The molecule has 0 bridgehead atoms. The van der Waals surface area contributed by atoms with Crippen molar-refractivity contribution in [1.82, 2.24) is 20.4 Å². The van der Waals surface area contributed by atoms with Crippen LogP contribution in [0.15, 0.2) is 34.7 Å². The van der Waals surface area contributed by atoms with Crippen molar-refractivity contribution in [3.8, 4) is 11.5 Å². The number of benzene rings is 1. The molecule has 2 aromatic rings. The number of carbonyl (C=O) groups excluding carboxylic acids is 1. The van der Waals surface area contributed by atoms with Gasteiger partial charge in [-0.1, -0.05) is 31.5 Å². The van der Waals surface area contributed by atoms with E-state index in [4.69, 9.17) is 4.42 Å². The van der Waals surface area contributed by atoms with Crippen molar-refractivity contribution in [2.75, 3.05) is 19.6 Å². The number of likely N-dealkylation sites (tertiary alicyclic amines) is 1. The Labute approximate surface area is 148 Å². The molecule has 6 heteroatoms. The molecule has 0 radical (unpaired) electrons. The lowest BCUT2D eigenvalue weighted by Gasteiger charge is -2.34. The quantitative estimate of drug-likeness (QED) is 0.837. The molecule has 1 aromatic heterocycles. The standard InChI is InChI=1S/C19H26N4O2/c1-2-13-23-14-7-6-10-16(23)18(24)20-12-11-17-21-22-19(25-17)15-8-4-3-5-9-15/h3-5,8-9,16H,2,6-7,10-14H2,1H3,(H,20,24)/t16-/m0/s1. The lowest BCUT2D eigenvalue weighted by molar-refractivity contribution is -0.127. The number of nitrogens with zero attached hydrogens (tertiary/aromatic N) is 3. The summed E-state index contributed by atoms with van der Waals surface area (Å²) in [7, 11) is 0. The second kappa shape index (κ2) is 8.76. The van der Waals surface area contributed by atoms with Gasteiger partial charge in [0.2, 0.25) is 17.7 Å². The third kappa shape index (κ3) is 4.66. The van der Waals surface area contributed by atoms with E-state index in [-0.39, 0.29) is 11.9 Å². The minimum absolute atomic E-state index is 0.0104. The summed E-state index contributed by atoms with van der Waals surface area (Å²) in [6, 6.07) is 9.70. The van der Waals surface area contributed by atoms with Crippen molar-refractivity contribution < 1.29 is 9.21 Å². The third-order valence-corrected chi connectivity index (χ3v) is 4.55. The van der Waals surface area contributed by atoms with Crippen LogP contribution in [0.5, 0.6) is 0 Å². The molecule has 1 aliphatic rings. The van der Waals surface area contributed by atoms with Gasteiger partial charge in [-0.2, -0.15) is 0 Å². The fraction of sp³-hybridized carbons (Fsp3) is 0.526. The van der Waals surface area contributed by atoms with E-state index in [0.717, 1.165) is 37.9 Å². The van der Waals surface area contributed by atoms with Crippen LogP contribution in [0.25, 0.3) is 11.5 Å². The van der Waals surface area contributed by atoms with Gasteiger partial charge in [0, 0.05) is 18.5 Å². The lowest BCUT2D eigenvalue weighted by Crippen LogP contribution is -2.50. The SMILES string of the molecule is CCCN1CCCC[C@H]1C(=O)NCCc1nnc(-c2ccccc2)o1. The third-order valence-electron chi connectivity index (χ3n) is 4.55. The normalized spacial score (nSPS) is 18.2. The average molecular weight is 342 g/mol. The molecule has 1 fully saturated rings. The molecule has 6 nitrogen and oxygen atoms in total. The van der Waals surface area contributed by atoms with Gasteiger partial charge in [0.05, 0.1) is 6.04 Å². The van der Waals surface area contributed by atoms with Crippen LogP contribution in [-0.2, 0) is 11.2 Å². The molecule has 3 rings (SSSR count). The van der Waals surface area contributed by atoms with E-state index in [1.807, 2.05) is 30.3 Å². The second-order valence-electron chi connectivity index (χ2n) is 6.46. The summed E-state index contributed by atoms with van der Waals surface area (Å²) < 4.78 is 5.67. The minimum atomic E-state index is 0.0104. The highest BCUT2D eigenvalue weighted by atomic mass is 16.4. The van der Waals surface area contributed by atoms with Crippen LogP contribution in [0.3, 0.4) is 0 Å². The Morgan fingerprint density at radius 2 is 2.12 bits per heavy atom. The Bertz CT molecular complexity index is 669. The molecule has 2 heterocycles. The van der Waals surface area contributed by atoms with Crippen LogP contribution in [0.1, 0.15) is 38.5 Å². The van der Waals surface area contributed by atoms with E-state index in [1.54, 1.807) is 0 Å². The average Bonchev–Trinajstić information content (AvgIpc) is 3.12. The summed E-state index contributed by atoms with van der Waals surface area (Å²) in [5.74, 6) is 1.19. The van der Waals surface area contributed by atoms with Crippen LogP contribution >= 0.6 is 0 Å². The number of rotatable bonds is 7. The number of nitrogens with one attached hydrogen (secondary N) is 1. The van der Waals surface area contributed by atoms with Gasteiger partial charge in [-0.15, -0.1) is 10.2 Å². The molecule has 0 spiro atoms. The molecule has 1 aliphatic heterocycles. The molecule has 25 heavy (non-hydrogen) atoms. The molecule has 1 amide bonds. The lowest BCUT2D eigenvalue weighted by atomic mass is 10.0. The number of carbonyl (C=O) groups is 1. The highest BCUT2D eigenvalue weighted by Gasteiger charge is 2.27. The van der Waals surface area contributed by atoms with E-state index in [9.17, 15) is 4.79 Å².